The van der Waals surface area contributed by atoms with Gasteiger partial charge >= 0.3 is 11.9 Å². The smallest absolute Gasteiger partial charge is 0.348 e. The fraction of sp³-hybridized carbons (Fsp3) is 0.348. The van der Waals surface area contributed by atoms with Gasteiger partial charge in [-0.3, -0.25) is 4.79 Å². The standard InChI is InChI=1S/C23H27NO6S/c1-6-10-16-11-8-9-12-17(16)29-13-18(25)24-21-19(22(26)28-7-2)15(5)20(31-21)23(27)30-14(3)4/h6,8-9,11-12,14H,1,7,10,13H2,2-5H3,(H,24,25). The second kappa shape index (κ2) is 11.3. The number of nitrogens with one attached hydrogen (secondary N) is 1. The summed E-state index contributed by atoms with van der Waals surface area (Å²) in [6, 6.07) is 7.35. The molecule has 0 spiro atoms. The first-order valence-electron chi connectivity index (χ1n) is 9.91. The van der Waals surface area contributed by atoms with Crippen LogP contribution < -0.4 is 10.1 Å². The van der Waals surface area contributed by atoms with E-state index in [1.807, 2.05) is 18.2 Å². The lowest BCUT2D eigenvalue weighted by Crippen LogP contribution is -2.21. The first-order valence-corrected chi connectivity index (χ1v) is 10.7. The predicted molar refractivity (Wildman–Crippen MR) is 120 cm³/mol. The zero-order chi connectivity index (χ0) is 23.0. The monoisotopic (exact) mass is 445 g/mol. The van der Waals surface area contributed by atoms with E-state index in [4.69, 9.17) is 14.2 Å². The van der Waals surface area contributed by atoms with Gasteiger partial charge < -0.3 is 19.5 Å². The van der Waals surface area contributed by atoms with Gasteiger partial charge in [-0.2, -0.15) is 0 Å². The summed E-state index contributed by atoms with van der Waals surface area (Å²) in [5.41, 5.74) is 1.45. The van der Waals surface area contributed by atoms with Crippen molar-refractivity contribution < 1.29 is 28.6 Å². The minimum Gasteiger partial charge on any atom is -0.483 e. The van der Waals surface area contributed by atoms with Crippen LogP contribution in [0.25, 0.3) is 0 Å². The quantitative estimate of drug-likeness (QED) is 0.426. The summed E-state index contributed by atoms with van der Waals surface area (Å²) in [7, 11) is 0. The van der Waals surface area contributed by atoms with Gasteiger partial charge in [0.2, 0.25) is 0 Å². The summed E-state index contributed by atoms with van der Waals surface area (Å²) in [6.45, 7) is 10.4. The lowest BCUT2D eigenvalue weighted by atomic mass is 10.1. The molecule has 0 radical (unpaired) electrons. The number of amides is 1. The Labute approximate surface area is 186 Å². The molecule has 1 heterocycles. The molecule has 8 heteroatoms. The lowest BCUT2D eigenvalue weighted by Gasteiger charge is -2.11. The lowest BCUT2D eigenvalue weighted by molar-refractivity contribution is -0.118. The van der Waals surface area contributed by atoms with Crippen LogP contribution in [-0.2, 0) is 20.7 Å². The fourth-order valence-electron chi connectivity index (χ4n) is 2.79. The topological polar surface area (TPSA) is 90.9 Å². The minimum atomic E-state index is -0.618. The summed E-state index contributed by atoms with van der Waals surface area (Å²) in [5, 5.41) is 2.89. The molecule has 166 valence electrons. The Morgan fingerprint density at radius 1 is 1.19 bits per heavy atom. The van der Waals surface area contributed by atoms with E-state index >= 15 is 0 Å². The van der Waals surface area contributed by atoms with Crippen molar-refractivity contribution >= 4 is 34.2 Å². The maximum Gasteiger partial charge on any atom is 0.348 e. The van der Waals surface area contributed by atoms with E-state index in [1.54, 1.807) is 39.8 Å². The average molecular weight is 446 g/mol. The highest BCUT2D eigenvalue weighted by molar-refractivity contribution is 7.18. The molecular weight excluding hydrogens is 418 g/mol. The Morgan fingerprint density at radius 2 is 1.90 bits per heavy atom. The average Bonchev–Trinajstić information content (AvgIpc) is 3.03. The number of benzene rings is 1. The predicted octanol–water partition coefficient (Wildman–Crippen LogP) is 4.54. The Bertz CT molecular complexity index is 963. The molecule has 0 atom stereocenters. The van der Waals surface area contributed by atoms with Crippen LogP contribution >= 0.6 is 11.3 Å². The van der Waals surface area contributed by atoms with Crippen molar-refractivity contribution in [3.8, 4) is 5.75 Å². The first kappa shape index (κ1) is 24.1. The molecule has 0 saturated heterocycles. The van der Waals surface area contributed by atoms with E-state index in [-0.39, 0.29) is 34.8 Å². The third kappa shape index (κ3) is 6.42. The maximum atomic E-state index is 12.5. The van der Waals surface area contributed by atoms with Gasteiger partial charge in [-0.25, -0.2) is 9.59 Å². The number of esters is 2. The van der Waals surface area contributed by atoms with E-state index in [0.717, 1.165) is 16.9 Å². The zero-order valence-corrected chi connectivity index (χ0v) is 19.0. The third-order valence-corrected chi connectivity index (χ3v) is 5.29. The van der Waals surface area contributed by atoms with E-state index in [0.29, 0.717) is 17.7 Å². The molecule has 0 aliphatic heterocycles. The number of para-hydroxylation sites is 1. The summed E-state index contributed by atoms with van der Waals surface area (Å²) in [6.07, 6.45) is 2.04. The Morgan fingerprint density at radius 3 is 2.55 bits per heavy atom. The van der Waals surface area contributed by atoms with E-state index in [1.165, 1.54) is 0 Å². The zero-order valence-electron chi connectivity index (χ0n) is 18.2. The van der Waals surface area contributed by atoms with Gasteiger partial charge in [-0.15, -0.1) is 17.9 Å². The van der Waals surface area contributed by atoms with Gasteiger partial charge in [-0.1, -0.05) is 24.3 Å². The summed E-state index contributed by atoms with van der Waals surface area (Å²) < 4.78 is 16.0. The molecule has 1 amide bonds. The van der Waals surface area contributed by atoms with E-state index in [2.05, 4.69) is 11.9 Å². The van der Waals surface area contributed by atoms with E-state index in [9.17, 15) is 14.4 Å². The van der Waals surface area contributed by atoms with E-state index < -0.39 is 17.8 Å². The van der Waals surface area contributed by atoms with Crippen molar-refractivity contribution in [2.45, 2.75) is 40.2 Å². The number of anilines is 1. The number of rotatable bonds is 10. The van der Waals surface area contributed by atoms with Crippen molar-refractivity contribution in [1.29, 1.82) is 0 Å². The number of allylic oxidation sites excluding steroid dienone is 1. The number of hydrogen-bond acceptors (Lipinski definition) is 7. The summed E-state index contributed by atoms with van der Waals surface area (Å²) >= 11 is 0.976. The van der Waals surface area contributed by atoms with Crippen LogP contribution in [0.2, 0.25) is 0 Å². The van der Waals surface area contributed by atoms with Crippen molar-refractivity contribution in [3.63, 3.8) is 0 Å². The van der Waals surface area contributed by atoms with Gasteiger partial charge in [-0.05, 0) is 51.3 Å². The highest BCUT2D eigenvalue weighted by Gasteiger charge is 2.27. The summed E-state index contributed by atoms with van der Waals surface area (Å²) in [4.78, 5) is 37.6. The molecule has 31 heavy (non-hydrogen) atoms. The minimum absolute atomic E-state index is 0.142. The third-order valence-electron chi connectivity index (χ3n) is 4.10. The molecule has 2 aromatic rings. The number of hydrogen-bond donors (Lipinski definition) is 1. The first-order chi connectivity index (χ1) is 14.8. The van der Waals surface area contributed by atoms with Gasteiger partial charge in [0.05, 0.1) is 18.3 Å². The maximum absolute atomic E-state index is 12.5. The molecule has 0 fully saturated rings. The Balaban J connectivity index is 2.22. The van der Waals surface area contributed by atoms with Crippen LogP contribution in [0.5, 0.6) is 5.75 Å². The normalized spacial score (nSPS) is 10.5. The molecule has 0 unspecified atom stereocenters. The second-order valence-corrected chi connectivity index (χ2v) is 7.89. The molecule has 7 nitrogen and oxygen atoms in total. The Hall–Kier alpha value is -3.13. The largest absolute Gasteiger partial charge is 0.483 e. The molecule has 0 aliphatic rings. The van der Waals surface area contributed by atoms with Crippen molar-refractivity contribution in [1.82, 2.24) is 0 Å². The molecule has 0 aliphatic carbocycles. The molecule has 1 aromatic heterocycles. The second-order valence-electron chi connectivity index (χ2n) is 6.87. The SMILES string of the molecule is C=CCc1ccccc1OCC(=O)Nc1sc(C(=O)OC(C)C)c(C)c1C(=O)OCC. The van der Waals surface area contributed by atoms with Crippen molar-refractivity contribution in [2.75, 3.05) is 18.5 Å². The van der Waals surface area contributed by atoms with Crippen LogP contribution in [-0.4, -0.2) is 37.2 Å². The Kier molecular flexibility index (Phi) is 8.81. The highest BCUT2D eigenvalue weighted by Crippen LogP contribution is 2.34. The molecule has 0 saturated carbocycles. The molecule has 1 N–H and O–H groups in total. The number of carbonyl (C=O) groups is 3. The van der Waals surface area contributed by atoms with Gasteiger partial charge in [0.15, 0.2) is 6.61 Å². The van der Waals surface area contributed by atoms with Gasteiger partial charge in [0.1, 0.15) is 15.6 Å². The molecular formula is C23H27NO6S. The van der Waals surface area contributed by atoms with Crippen LogP contribution in [0, 0.1) is 6.92 Å². The number of carbonyl (C=O) groups excluding carboxylic acids is 3. The van der Waals surface area contributed by atoms with Gasteiger partial charge in [0, 0.05) is 0 Å². The molecule has 2 rings (SSSR count). The van der Waals surface area contributed by atoms with Crippen LogP contribution in [0.1, 0.15) is 51.9 Å². The van der Waals surface area contributed by atoms with Crippen molar-refractivity contribution in [2.24, 2.45) is 0 Å². The number of thiophene rings is 1. The highest BCUT2D eigenvalue weighted by atomic mass is 32.1. The molecule has 1 aromatic carbocycles. The van der Waals surface area contributed by atoms with Crippen molar-refractivity contribution in [3.05, 3.63) is 58.5 Å². The van der Waals surface area contributed by atoms with Gasteiger partial charge in [0.25, 0.3) is 5.91 Å². The van der Waals surface area contributed by atoms with Crippen LogP contribution in [0.3, 0.4) is 0 Å². The van der Waals surface area contributed by atoms with Crippen LogP contribution in [0.15, 0.2) is 36.9 Å². The van der Waals surface area contributed by atoms with Crippen LogP contribution in [0.4, 0.5) is 5.00 Å². The molecule has 0 bridgehead atoms. The summed E-state index contributed by atoms with van der Waals surface area (Å²) in [5.74, 6) is -1.07. The number of ether oxygens (including phenoxy) is 3. The fourth-order valence-corrected chi connectivity index (χ4v) is 3.88.